The van der Waals surface area contributed by atoms with Crippen molar-refractivity contribution in [2.45, 2.75) is 70.1 Å². The molecule has 1 amide bonds. The number of carbonyl (C=O) groups is 1. The Morgan fingerprint density at radius 1 is 1.09 bits per heavy atom. The number of anilines is 1. The van der Waals surface area contributed by atoms with Crippen LogP contribution in [-0.4, -0.2) is 103 Å². The summed E-state index contributed by atoms with van der Waals surface area (Å²) in [6.45, 7) is 9.51. The highest BCUT2D eigenvalue weighted by Crippen LogP contribution is 2.38. The van der Waals surface area contributed by atoms with Crippen molar-refractivity contribution >= 4 is 39.0 Å². The van der Waals surface area contributed by atoms with Crippen LogP contribution in [0.1, 0.15) is 52.5 Å². The van der Waals surface area contributed by atoms with E-state index >= 15 is 8.78 Å². The van der Waals surface area contributed by atoms with E-state index in [1.54, 1.807) is 29.2 Å². The summed E-state index contributed by atoms with van der Waals surface area (Å²) in [5.74, 6) is -2.61. The Kier molecular flexibility index (Phi) is 8.68. The molecule has 0 bridgehead atoms. The van der Waals surface area contributed by atoms with Gasteiger partial charge in [-0.05, 0) is 96.3 Å². The van der Waals surface area contributed by atoms with Crippen molar-refractivity contribution in [3.63, 3.8) is 0 Å². The van der Waals surface area contributed by atoms with Gasteiger partial charge in [0, 0.05) is 30.1 Å². The molecule has 244 valence electrons. The number of hydrogen-bond acceptors (Lipinski definition) is 8. The lowest BCUT2D eigenvalue weighted by Crippen LogP contribution is -2.62. The SMILES string of the molecule is CC(C)(C)OC(=O)N1CC(N2CCC(CCN3CC[C@H](n4c(=O)n(-c5ccc(Br)cc5)c5c(N)ncnc54)C(F)(F)C3)CC2)C1. The summed E-state index contributed by atoms with van der Waals surface area (Å²) in [4.78, 5) is 40.3. The Bertz CT molecular complexity index is 1590. The van der Waals surface area contributed by atoms with Gasteiger partial charge < -0.3 is 15.4 Å². The van der Waals surface area contributed by atoms with Gasteiger partial charge in [-0.15, -0.1) is 0 Å². The Hall–Kier alpha value is -3.10. The highest BCUT2D eigenvalue weighted by Gasteiger charge is 2.47. The first-order valence-corrected chi connectivity index (χ1v) is 16.4. The second-order valence-electron chi connectivity index (χ2n) is 13.5. The molecule has 11 nitrogen and oxygen atoms in total. The number of aromatic nitrogens is 4. The molecule has 0 radical (unpaired) electrons. The standard InChI is InChI=1S/C31H41BrF2N8O3/c1-30(2,3)45-29(44)40-16-23(17-40)39-14-9-20(10-15-39)8-12-38-13-11-24(31(33,34)18-38)42-27-25(26(35)36-19-37-27)41(28(42)43)22-6-4-21(32)5-7-22/h4-7,19-20,23-24H,8-18H2,1-3H3,(H2,35,36,37)/t24-/m0/s1. The van der Waals surface area contributed by atoms with Crippen LogP contribution in [0.15, 0.2) is 39.9 Å². The van der Waals surface area contributed by atoms with Gasteiger partial charge in [0.05, 0.1) is 12.2 Å². The number of halogens is 3. The largest absolute Gasteiger partial charge is 0.444 e. The van der Waals surface area contributed by atoms with Crippen molar-refractivity contribution in [3.8, 4) is 5.69 Å². The summed E-state index contributed by atoms with van der Waals surface area (Å²) >= 11 is 3.39. The number of ether oxygens (including phenoxy) is 1. The first-order chi connectivity index (χ1) is 21.3. The lowest BCUT2D eigenvalue weighted by molar-refractivity contribution is -0.104. The van der Waals surface area contributed by atoms with Gasteiger partial charge >= 0.3 is 11.8 Å². The van der Waals surface area contributed by atoms with Crippen LogP contribution in [0, 0.1) is 5.92 Å². The van der Waals surface area contributed by atoms with Gasteiger partial charge in [0.15, 0.2) is 11.5 Å². The number of nitrogens with zero attached hydrogens (tertiary/aromatic N) is 7. The number of rotatable bonds is 6. The van der Waals surface area contributed by atoms with Crippen LogP contribution in [0.3, 0.4) is 0 Å². The Morgan fingerprint density at radius 3 is 2.42 bits per heavy atom. The zero-order valence-electron chi connectivity index (χ0n) is 26.0. The topological polar surface area (TPSA) is 115 Å². The van der Waals surface area contributed by atoms with E-state index in [0.29, 0.717) is 43.8 Å². The van der Waals surface area contributed by atoms with Gasteiger partial charge in [-0.25, -0.2) is 28.3 Å². The minimum absolute atomic E-state index is 0.0586. The summed E-state index contributed by atoms with van der Waals surface area (Å²) in [5, 5.41) is 0. The van der Waals surface area contributed by atoms with Crippen molar-refractivity contribution in [2.24, 2.45) is 5.92 Å². The molecule has 2 N–H and O–H groups in total. The first-order valence-electron chi connectivity index (χ1n) is 15.6. The molecule has 3 aliphatic rings. The number of amides is 1. The van der Waals surface area contributed by atoms with Gasteiger partial charge in [0.25, 0.3) is 5.92 Å². The molecule has 3 aliphatic heterocycles. The summed E-state index contributed by atoms with van der Waals surface area (Å²) in [7, 11) is 0. The van der Waals surface area contributed by atoms with E-state index in [-0.39, 0.29) is 29.5 Å². The number of nitrogen functional groups attached to an aromatic ring is 1. The predicted octanol–water partition coefficient (Wildman–Crippen LogP) is 4.53. The molecule has 5 heterocycles. The number of carbonyl (C=O) groups excluding carboxylic acids is 1. The monoisotopic (exact) mass is 690 g/mol. The molecule has 3 aromatic rings. The highest BCUT2D eigenvalue weighted by molar-refractivity contribution is 9.10. The van der Waals surface area contributed by atoms with Crippen molar-refractivity contribution in [3.05, 3.63) is 45.5 Å². The molecule has 2 aromatic heterocycles. The number of piperidine rings is 2. The maximum absolute atomic E-state index is 15.9. The number of hydrogen-bond donors (Lipinski definition) is 1. The molecule has 0 spiro atoms. The Labute approximate surface area is 269 Å². The van der Waals surface area contributed by atoms with E-state index in [9.17, 15) is 9.59 Å². The van der Waals surface area contributed by atoms with Gasteiger partial charge in [-0.3, -0.25) is 18.9 Å². The molecule has 45 heavy (non-hydrogen) atoms. The van der Waals surface area contributed by atoms with E-state index in [1.807, 2.05) is 25.7 Å². The maximum Gasteiger partial charge on any atom is 0.410 e. The van der Waals surface area contributed by atoms with Crippen molar-refractivity contribution in [1.82, 2.24) is 33.8 Å². The quantitative estimate of drug-likeness (QED) is 0.402. The first kappa shape index (κ1) is 31.9. The summed E-state index contributed by atoms with van der Waals surface area (Å²) in [5.41, 5.74) is 5.89. The van der Waals surface area contributed by atoms with E-state index in [1.165, 1.54) is 10.9 Å². The van der Waals surface area contributed by atoms with Gasteiger partial charge in [0.1, 0.15) is 23.5 Å². The summed E-state index contributed by atoms with van der Waals surface area (Å²) in [6, 6.07) is 6.00. The summed E-state index contributed by atoms with van der Waals surface area (Å²) in [6.07, 6.45) is 3.96. The molecule has 14 heteroatoms. The van der Waals surface area contributed by atoms with Crippen LogP contribution in [-0.2, 0) is 4.74 Å². The molecular weight excluding hydrogens is 650 g/mol. The van der Waals surface area contributed by atoms with E-state index < -0.39 is 29.8 Å². The molecule has 1 aromatic carbocycles. The van der Waals surface area contributed by atoms with Crippen LogP contribution in [0.4, 0.5) is 19.4 Å². The molecule has 3 fully saturated rings. The molecule has 0 saturated carbocycles. The molecular formula is C31H41BrF2N8O3. The van der Waals surface area contributed by atoms with Crippen molar-refractivity contribution in [2.75, 3.05) is 51.5 Å². The minimum Gasteiger partial charge on any atom is -0.444 e. The van der Waals surface area contributed by atoms with Crippen LogP contribution >= 0.6 is 15.9 Å². The van der Waals surface area contributed by atoms with Crippen molar-refractivity contribution in [1.29, 1.82) is 0 Å². The lowest BCUT2D eigenvalue weighted by Gasteiger charge is -2.47. The smallest absolute Gasteiger partial charge is 0.410 e. The van der Waals surface area contributed by atoms with Crippen LogP contribution < -0.4 is 11.4 Å². The number of fused-ring (bicyclic) bond motifs is 1. The van der Waals surface area contributed by atoms with E-state index in [4.69, 9.17) is 10.5 Å². The highest BCUT2D eigenvalue weighted by atomic mass is 79.9. The minimum atomic E-state index is -3.14. The third kappa shape index (κ3) is 6.59. The molecule has 6 rings (SSSR count). The fourth-order valence-corrected chi connectivity index (χ4v) is 7.08. The second kappa shape index (κ2) is 12.3. The van der Waals surface area contributed by atoms with Crippen LogP contribution in [0.5, 0.6) is 0 Å². The van der Waals surface area contributed by atoms with Crippen molar-refractivity contribution < 1.29 is 18.3 Å². The average molecular weight is 692 g/mol. The van der Waals surface area contributed by atoms with Gasteiger partial charge in [-0.2, -0.15) is 0 Å². The molecule has 0 unspecified atom stereocenters. The lowest BCUT2D eigenvalue weighted by atomic mass is 9.91. The van der Waals surface area contributed by atoms with Crippen LogP contribution in [0.25, 0.3) is 16.9 Å². The third-order valence-corrected chi connectivity index (χ3v) is 9.78. The number of benzene rings is 1. The van der Waals surface area contributed by atoms with Crippen LogP contribution in [0.2, 0.25) is 0 Å². The molecule has 1 atom stereocenters. The molecule has 3 saturated heterocycles. The fourth-order valence-electron chi connectivity index (χ4n) is 6.82. The fraction of sp³-hybridized carbons (Fsp3) is 0.613. The van der Waals surface area contributed by atoms with E-state index in [0.717, 1.165) is 41.4 Å². The van der Waals surface area contributed by atoms with Gasteiger partial charge in [0.2, 0.25) is 0 Å². The Morgan fingerprint density at radius 2 is 1.78 bits per heavy atom. The second-order valence-corrected chi connectivity index (χ2v) is 14.5. The number of imidazole rings is 1. The number of alkyl halides is 2. The number of likely N-dealkylation sites (tertiary alicyclic amines) is 3. The van der Waals surface area contributed by atoms with E-state index in [2.05, 4.69) is 30.8 Å². The normalized spacial score (nSPS) is 22.1. The zero-order valence-corrected chi connectivity index (χ0v) is 27.5. The Balaban J connectivity index is 1.05. The zero-order chi connectivity index (χ0) is 32.1. The predicted molar refractivity (Wildman–Crippen MR) is 171 cm³/mol. The number of nitrogens with two attached hydrogens (primary N) is 1. The molecule has 0 aliphatic carbocycles. The average Bonchev–Trinajstić information content (AvgIpc) is 3.23. The maximum atomic E-state index is 15.9. The summed E-state index contributed by atoms with van der Waals surface area (Å²) < 4.78 is 40.5. The third-order valence-electron chi connectivity index (χ3n) is 9.25. The van der Waals surface area contributed by atoms with Gasteiger partial charge in [-0.1, -0.05) is 15.9 Å².